The Morgan fingerprint density at radius 2 is 1.96 bits per heavy atom. The highest BCUT2D eigenvalue weighted by atomic mass is 16.6. The molecule has 2 heterocycles. The van der Waals surface area contributed by atoms with Crippen LogP contribution in [0.1, 0.15) is 54.8 Å². The van der Waals surface area contributed by atoms with Gasteiger partial charge < -0.3 is 9.42 Å². The molecule has 24 heavy (non-hydrogen) atoms. The van der Waals surface area contributed by atoms with Crippen LogP contribution in [0, 0.1) is 17.0 Å². The first-order chi connectivity index (χ1) is 11.6. The van der Waals surface area contributed by atoms with E-state index >= 15 is 0 Å². The lowest BCUT2D eigenvalue weighted by molar-refractivity contribution is -0.384. The van der Waals surface area contributed by atoms with Crippen LogP contribution in [0.5, 0.6) is 0 Å². The molecule has 0 atom stereocenters. The Kier molecular flexibility index (Phi) is 3.70. The van der Waals surface area contributed by atoms with Crippen molar-refractivity contribution in [2.45, 2.75) is 44.4 Å². The standard InChI is InChI=1S/C17H20N4O3/c1-11-10-14(21(22)23)4-5-15(11)20-8-6-12(7-9-20)16-18-17(24-19-16)13-2-3-13/h4-5,10,12-13H,2-3,6-9H2,1H3. The molecule has 1 saturated heterocycles. The number of anilines is 1. The van der Waals surface area contributed by atoms with Gasteiger partial charge in [0.05, 0.1) is 4.92 Å². The van der Waals surface area contributed by atoms with Gasteiger partial charge in [0.1, 0.15) is 0 Å². The lowest BCUT2D eigenvalue weighted by Gasteiger charge is -2.33. The number of nitro groups is 1. The molecule has 1 aliphatic carbocycles. The van der Waals surface area contributed by atoms with Gasteiger partial charge in [-0.1, -0.05) is 5.16 Å². The number of nitrogens with zero attached hydrogens (tertiary/aromatic N) is 4. The highest BCUT2D eigenvalue weighted by Crippen LogP contribution is 2.40. The van der Waals surface area contributed by atoms with E-state index in [1.165, 1.54) is 12.8 Å². The number of aromatic nitrogens is 2. The van der Waals surface area contributed by atoms with Crippen LogP contribution < -0.4 is 4.90 Å². The van der Waals surface area contributed by atoms with Gasteiger partial charge >= 0.3 is 0 Å². The fraction of sp³-hybridized carbons (Fsp3) is 0.529. The average Bonchev–Trinajstić information content (AvgIpc) is 3.32. The Bertz CT molecular complexity index is 761. The van der Waals surface area contributed by atoms with E-state index in [2.05, 4.69) is 15.0 Å². The van der Waals surface area contributed by atoms with E-state index in [9.17, 15) is 10.1 Å². The Balaban J connectivity index is 1.42. The highest BCUT2D eigenvalue weighted by Gasteiger charge is 2.32. The van der Waals surface area contributed by atoms with Crippen LogP contribution in [0.3, 0.4) is 0 Å². The Morgan fingerprint density at radius 1 is 1.21 bits per heavy atom. The van der Waals surface area contributed by atoms with Crippen molar-refractivity contribution >= 4 is 11.4 Å². The van der Waals surface area contributed by atoms with Crippen molar-refractivity contribution in [3.8, 4) is 0 Å². The Hall–Kier alpha value is -2.44. The summed E-state index contributed by atoms with van der Waals surface area (Å²) in [6, 6.07) is 5.07. The van der Waals surface area contributed by atoms with Crippen molar-refractivity contribution in [3.05, 3.63) is 45.6 Å². The van der Waals surface area contributed by atoms with Crippen LogP contribution in [0.4, 0.5) is 11.4 Å². The minimum absolute atomic E-state index is 0.144. The fourth-order valence-electron chi connectivity index (χ4n) is 3.40. The van der Waals surface area contributed by atoms with Gasteiger partial charge in [0.15, 0.2) is 5.82 Å². The molecule has 2 aromatic rings. The van der Waals surface area contributed by atoms with Crippen molar-refractivity contribution in [2.75, 3.05) is 18.0 Å². The minimum Gasteiger partial charge on any atom is -0.371 e. The van der Waals surface area contributed by atoms with Gasteiger partial charge in [0.25, 0.3) is 5.69 Å². The molecular formula is C17H20N4O3. The summed E-state index contributed by atoms with van der Waals surface area (Å²) in [5.74, 6) is 2.49. The molecule has 0 unspecified atom stereocenters. The van der Waals surface area contributed by atoms with Gasteiger partial charge in [0, 0.05) is 42.7 Å². The molecular weight excluding hydrogens is 308 g/mol. The number of aryl methyl sites for hydroxylation is 1. The molecule has 0 spiro atoms. The smallest absolute Gasteiger partial charge is 0.269 e. The largest absolute Gasteiger partial charge is 0.371 e. The maximum Gasteiger partial charge on any atom is 0.269 e. The highest BCUT2D eigenvalue weighted by molar-refractivity contribution is 5.57. The molecule has 4 rings (SSSR count). The zero-order chi connectivity index (χ0) is 16.7. The maximum atomic E-state index is 10.9. The zero-order valence-electron chi connectivity index (χ0n) is 13.6. The van der Waals surface area contributed by atoms with Crippen LogP contribution in [0.25, 0.3) is 0 Å². The first-order valence-electron chi connectivity index (χ1n) is 8.45. The van der Waals surface area contributed by atoms with Gasteiger partial charge in [0.2, 0.25) is 5.89 Å². The predicted octanol–water partition coefficient (Wildman–Crippen LogP) is 3.55. The third kappa shape index (κ3) is 2.86. The van der Waals surface area contributed by atoms with E-state index in [-0.39, 0.29) is 10.6 Å². The summed E-state index contributed by atoms with van der Waals surface area (Å²) in [6.07, 6.45) is 4.28. The first kappa shape index (κ1) is 15.1. The molecule has 0 N–H and O–H groups in total. The molecule has 126 valence electrons. The Morgan fingerprint density at radius 3 is 2.58 bits per heavy atom. The van der Waals surface area contributed by atoms with Crippen molar-refractivity contribution in [3.63, 3.8) is 0 Å². The lowest BCUT2D eigenvalue weighted by atomic mass is 9.95. The average molecular weight is 328 g/mol. The third-order valence-corrected chi connectivity index (χ3v) is 4.98. The van der Waals surface area contributed by atoms with Gasteiger partial charge in [-0.2, -0.15) is 4.98 Å². The molecule has 1 aliphatic heterocycles. The second-order valence-electron chi connectivity index (χ2n) is 6.75. The molecule has 7 nitrogen and oxygen atoms in total. The van der Waals surface area contributed by atoms with Gasteiger partial charge in [-0.15, -0.1) is 0 Å². The van der Waals surface area contributed by atoms with Crippen molar-refractivity contribution in [2.24, 2.45) is 0 Å². The maximum absolute atomic E-state index is 10.9. The van der Waals surface area contributed by atoms with E-state index in [4.69, 9.17) is 4.52 Å². The summed E-state index contributed by atoms with van der Waals surface area (Å²) in [7, 11) is 0. The summed E-state index contributed by atoms with van der Waals surface area (Å²) >= 11 is 0. The fourth-order valence-corrected chi connectivity index (χ4v) is 3.40. The monoisotopic (exact) mass is 328 g/mol. The van der Waals surface area contributed by atoms with Crippen molar-refractivity contribution in [1.82, 2.24) is 10.1 Å². The summed E-state index contributed by atoms with van der Waals surface area (Å²) < 4.78 is 5.37. The quantitative estimate of drug-likeness (QED) is 0.630. The summed E-state index contributed by atoms with van der Waals surface area (Å²) in [5, 5.41) is 15.0. The van der Waals surface area contributed by atoms with Gasteiger partial charge in [-0.3, -0.25) is 10.1 Å². The summed E-state index contributed by atoms with van der Waals surface area (Å²) in [5.41, 5.74) is 2.16. The summed E-state index contributed by atoms with van der Waals surface area (Å²) in [6.45, 7) is 3.72. The van der Waals surface area contributed by atoms with Crippen LogP contribution in [0.2, 0.25) is 0 Å². The van der Waals surface area contributed by atoms with E-state index in [1.807, 2.05) is 13.0 Å². The van der Waals surface area contributed by atoms with Gasteiger partial charge in [-0.05, 0) is 44.2 Å². The third-order valence-electron chi connectivity index (χ3n) is 4.98. The molecule has 0 amide bonds. The van der Waals surface area contributed by atoms with Crippen molar-refractivity contribution in [1.29, 1.82) is 0 Å². The van der Waals surface area contributed by atoms with E-state index in [0.29, 0.717) is 11.8 Å². The van der Waals surface area contributed by atoms with E-state index < -0.39 is 0 Å². The molecule has 2 fully saturated rings. The zero-order valence-corrected chi connectivity index (χ0v) is 13.6. The number of benzene rings is 1. The predicted molar refractivity (Wildman–Crippen MR) is 88.3 cm³/mol. The normalized spacial score (nSPS) is 18.8. The second-order valence-corrected chi connectivity index (χ2v) is 6.75. The van der Waals surface area contributed by atoms with Crippen LogP contribution >= 0.6 is 0 Å². The molecule has 0 radical (unpaired) electrons. The molecule has 7 heteroatoms. The first-order valence-corrected chi connectivity index (χ1v) is 8.45. The molecule has 0 bridgehead atoms. The number of nitro benzene ring substituents is 1. The number of piperidine rings is 1. The molecule has 1 aromatic carbocycles. The SMILES string of the molecule is Cc1cc([N+](=O)[O-])ccc1N1CCC(c2noc(C3CC3)n2)CC1. The topological polar surface area (TPSA) is 85.3 Å². The van der Waals surface area contributed by atoms with Gasteiger partial charge in [-0.25, -0.2) is 0 Å². The molecule has 1 aromatic heterocycles. The number of hydrogen-bond donors (Lipinski definition) is 0. The van der Waals surface area contributed by atoms with Crippen LogP contribution in [-0.4, -0.2) is 28.2 Å². The number of rotatable bonds is 4. The minimum atomic E-state index is -0.350. The molecule has 2 aliphatic rings. The lowest BCUT2D eigenvalue weighted by Crippen LogP contribution is -2.33. The van der Waals surface area contributed by atoms with Crippen LogP contribution in [0.15, 0.2) is 22.7 Å². The van der Waals surface area contributed by atoms with Crippen molar-refractivity contribution < 1.29 is 9.45 Å². The number of non-ortho nitro benzene ring substituents is 1. The molecule has 1 saturated carbocycles. The van der Waals surface area contributed by atoms with Crippen LogP contribution in [-0.2, 0) is 0 Å². The number of hydrogen-bond acceptors (Lipinski definition) is 6. The Labute approximate surface area is 139 Å². The van der Waals surface area contributed by atoms with E-state index in [1.54, 1.807) is 12.1 Å². The summed E-state index contributed by atoms with van der Waals surface area (Å²) in [4.78, 5) is 17.4. The second kappa shape index (κ2) is 5.89. The van der Waals surface area contributed by atoms with E-state index in [0.717, 1.165) is 48.9 Å².